The van der Waals surface area contributed by atoms with Gasteiger partial charge in [-0.15, -0.1) is 0 Å². The van der Waals surface area contributed by atoms with Crippen molar-refractivity contribution in [1.82, 2.24) is 10.6 Å². The Morgan fingerprint density at radius 2 is 1.17 bits per heavy atom. The van der Waals surface area contributed by atoms with Gasteiger partial charge in [-0.25, -0.2) is 0 Å². The lowest BCUT2D eigenvalue weighted by molar-refractivity contribution is -0.303. The zero-order valence-electron chi connectivity index (χ0n) is 36.6. The van der Waals surface area contributed by atoms with Crippen molar-refractivity contribution in [3.05, 3.63) is 47.5 Å². The predicted octanol–water partition coefficient (Wildman–Crippen LogP) is 9.85. The molecule has 1 amide bonds. The maximum Gasteiger partial charge on any atom is 0.251 e. The predicted molar refractivity (Wildman–Crippen MR) is 236 cm³/mol. The standard InChI is InChI=1S/C47H80N2O6.C2H4O/c1-48-38-32-26-22-18-14-10-6-2-4-8-12-16-20-24-30-37-31-25-21-17-13-9-5-3-7-11-15-19-23-29-35-49-46(53)40-34-28-27-33-39(40)41(37)45-43(51)42(50)44(52)47(55-45)54-36-38;1-2-3/h22,26-28,33-34,37-38,41-45,47-48,50-52H,2-21,23-25,29-32,35-36H2,1H3,(H,49,53);2H,1H3/b26-22+;. The van der Waals surface area contributed by atoms with Crippen molar-refractivity contribution in [3.8, 4) is 0 Å². The maximum atomic E-state index is 14.0. The Bertz CT molecular complexity index is 1230. The van der Waals surface area contributed by atoms with Crippen LogP contribution in [0.2, 0.25) is 0 Å². The molecule has 0 spiro atoms. The summed E-state index contributed by atoms with van der Waals surface area (Å²) in [4.78, 5) is 22.8. The molecule has 58 heavy (non-hydrogen) atoms. The van der Waals surface area contributed by atoms with Gasteiger partial charge >= 0.3 is 0 Å². The Morgan fingerprint density at radius 3 is 1.72 bits per heavy atom. The second-order valence-electron chi connectivity index (χ2n) is 17.3. The summed E-state index contributed by atoms with van der Waals surface area (Å²) in [6.07, 6.45) is 31.1. The molecule has 1 fully saturated rings. The highest BCUT2D eigenvalue weighted by atomic mass is 16.7. The van der Waals surface area contributed by atoms with E-state index in [-0.39, 0.29) is 30.4 Å². The molecule has 3 aliphatic rings. The lowest BCUT2D eigenvalue weighted by atomic mass is 9.72. The van der Waals surface area contributed by atoms with E-state index in [1.807, 2.05) is 31.3 Å². The SMILES string of the molecule is CC=O.CNC1C/C=C/CCCCCCCCCCCCC2CCCCCCCCCCCCCCCNC(=O)c3ccccc3C2C2OC(OC1)C(O)C(O)C2O. The fourth-order valence-corrected chi connectivity index (χ4v) is 9.22. The molecule has 8 unspecified atom stereocenters. The van der Waals surface area contributed by atoms with E-state index in [4.69, 9.17) is 14.3 Å². The summed E-state index contributed by atoms with van der Waals surface area (Å²) in [5.74, 6) is -0.357. The Labute approximate surface area is 352 Å². The van der Waals surface area contributed by atoms with Gasteiger partial charge in [-0.1, -0.05) is 165 Å². The molecule has 0 aromatic heterocycles. The first-order valence-corrected chi connectivity index (χ1v) is 23.8. The van der Waals surface area contributed by atoms with Crippen molar-refractivity contribution < 1.29 is 34.4 Å². The third-order valence-electron chi connectivity index (χ3n) is 12.7. The molecule has 9 heteroatoms. The number of aldehydes is 1. The molecule has 3 heterocycles. The summed E-state index contributed by atoms with van der Waals surface area (Å²) in [6.45, 7) is 2.36. The second kappa shape index (κ2) is 31.7. The van der Waals surface area contributed by atoms with Crippen LogP contribution in [0.5, 0.6) is 0 Å². The molecule has 1 saturated heterocycles. The first-order valence-electron chi connectivity index (χ1n) is 23.8. The van der Waals surface area contributed by atoms with Crippen LogP contribution in [0.25, 0.3) is 0 Å². The molecule has 0 aliphatic carbocycles. The Hall–Kier alpha value is -2.14. The van der Waals surface area contributed by atoms with Gasteiger partial charge in [-0.3, -0.25) is 4.79 Å². The molecule has 0 saturated carbocycles. The van der Waals surface area contributed by atoms with Crippen molar-refractivity contribution in [1.29, 1.82) is 0 Å². The third kappa shape index (κ3) is 19.1. The molecule has 5 N–H and O–H groups in total. The summed E-state index contributed by atoms with van der Waals surface area (Å²) in [7, 11) is 1.91. The molecular weight excluding hydrogens is 729 g/mol. The lowest BCUT2D eigenvalue weighted by Gasteiger charge is -2.46. The van der Waals surface area contributed by atoms with E-state index in [9.17, 15) is 20.1 Å². The van der Waals surface area contributed by atoms with Gasteiger partial charge in [0, 0.05) is 24.1 Å². The Balaban J connectivity index is 0.00000291. The number of hydrogen-bond donors (Lipinski definition) is 5. The summed E-state index contributed by atoms with van der Waals surface area (Å²) < 4.78 is 13.0. The van der Waals surface area contributed by atoms with E-state index in [0.29, 0.717) is 12.1 Å². The first kappa shape index (κ1) is 50.2. The van der Waals surface area contributed by atoms with E-state index in [1.54, 1.807) is 0 Å². The zero-order valence-corrected chi connectivity index (χ0v) is 36.6. The molecule has 2 bridgehead atoms. The van der Waals surface area contributed by atoms with Gasteiger partial charge in [0.25, 0.3) is 5.91 Å². The van der Waals surface area contributed by atoms with E-state index in [0.717, 1.165) is 76.1 Å². The zero-order chi connectivity index (χ0) is 41.6. The number of carbonyl (C=O) groups excluding carboxylic acids is 2. The molecule has 4 rings (SSSR count). The van der Waals surface area contributed by atoms with Crippen molar-refractivity contribution >= 4 is 12.2 Å². The van der Waals surface area contributed by atoms with Crippen molar-refractivity contribution in [2.75, 3.05) is 20.2 Å². The van der Waals surface area contributed by atoms with Crippen LogP contribution in [0.4, 0.5) is 0 Å². The van der Waals surface area contributed by atoms with Crippen LogP contribution >= 0.6 is 0 Å². The average Bonchev–Trinajstić information content (AvgIpc) is 3.23. The van der Waals surface area contributed by atoms with E-state index >= 15 is 0 Å². The minimum absolute atomic E-state index is 0.00228. The van der Waals surface area contributed by atoms with Crippen molar-refractivity contribution in [2.45, 2.75) is 223 Å². The minimum atomic E-state index is -1.45. The minimum Gasteiger partial charge on any atom is -0.388 e. The van der Waals surface area contributed by atoms with Crippen LogP contribution in [0.1, 0.15) is 202 Å². The van der Waals surface area contributed by atoms with E-state index in [1.165, 1.54) is 116 Å². The van der Waals surface area contributed by atoms with Crippen LogP contribution in [0.3, 0.4) is 0 Å². The maximum absolute atomic E-state index is 14.0. The summed E-state index contributed by atoms with van der Waals surface area (Å²) >= 11 is 0. The normalized spacial score (nSPS) is 31.6. The van der Waals surface area contributed by atoms with E-state index in [2.05, 4.69) is 22.8 Å². The third-order valence-corrected chi connectivity index (χ3v) is 12.7. The number of ether oxygens (including phenoxy) is 2. The fourth-order valence-electron chi connectivity index (χ4n) is 9.22. The number of carbonyl (C=O) groups is 2. The number of likely N-dealkylation sites (N-methyl/N-ethyl adjacent to an activating group) is 1. The number of aliphatic hydroxyl groups excluding tert-OH is 3. The van der Waals surface area contributed by atoms with E-state index < -0.39 is 30.7 Å². The topological polar surface area (TPSA) is 137 Å². The Morgan fingerprint density at radius 1 is 0.672 bits per heavy atom. The van der Waals surface area contributed by atoms with Gasteiger partial charge in [0.15, 0.2) is 6.29 Å². The van der Waals surface area contributed by atoms with Gasteiger partial charge in [-0.05, 0) is 70.0 Å². The summed E-state index contributed by atoms with van der Waals surface area (Å²) in [6, 6.07) is 7.83. The second-order valence-corrected chi connectivity index (χ2v) is 17.3. The molecule has 3 aliphatic heterocycles. The number of benzene rings is 1. The highest BCUT2D eigenvalue weighted by Crippen LogP contribution is 2.43. The van der Waals surface area contributed by atoms with Gasteiger partial charge < -0.3 is 40.2 Å². The van der Waals surface area contributed by atoms with Crippen molar-refractivity contribution in [2.24, 2.45) is 5.92 Å². The molecule has 332 valence electrons. The number of hydrogen-bond acceptors (Lipinski definition) is 8. The first-order chi connectivity index (χ1) is 28.4. The van der Waals surface area contributed by atoms with Crippen molar-refractivity contribution in [3.63, 3.8) is 0 Å². The van der Waals surface area contributed by atoms with Gasteiger partial charge in [0.2, 0.25) is 0 Å². The lowest BCUT2D eigenvalue weighted by Crippen LogP contribution is -2.60. The number of amides is 1. The summed E-state index contributed by atoms with van der Waals surface area (Å²) in [5, 5.41) is 41.1. The Kier molecular flexibility index (Phi) is 27.4. The fraction of sp³-hybridized carbons (Fsp3) is 0.796. The average molecular weight is 813 g/mol. The van der Waals surface area contributed by atoms with Crippen LogP contribution in [0.15, 0.2) is 36.4 Å². The largest absolute Gasteiger partial charge is 0.388 e. The monoisotopic (exact) mass is 813 g/mol. The quantitative estimate of drug-likeness (QED) is 0.140. The number of aliphatic hydroxyl groups is 3. The highest BCUT2D eigenvalue weighted by molar-refractivity contribution is 5.95. The highest BCUT2D eigenvalue weighted by Gasteiger charge is 2.49. The van der Waals surface area contributed by atoms with Crippen LogP contribution in [-0.2, 0) is 14.3 Å². The van der Waals surface area contributed by atoms with Gasteiger partial charge in [-0.2, -0.15) is 0 Å². The number of nitrogens with one attached hydrogen (secondary N) is 2. The number of rotatable bonds is 1. The number of allylic oxidation sites excluding steroid dienone is 1. The molecule has 0 radical (unpaired) electrons. The molecule has 9 nitrogen and oxygen atoms in total. The molecule has 8 atom stereocenters. The summed E-state index contributed by atoms with van der Waals surface area (Å²) in [5.41, 5.74) is 1.46. The van der Waals surface area contributed by atoms with Crippen LogP contribution in [-0.4, -0.2) is 84.5 Å². The molecular formula is C49H84N2O7. The smallest absolute Gasteiger partial charge is 0.251 e. The number of fused-ring (bicyclic) bond motifs is 6. The van der Waals surface area contributed by atoms with Crippen LogP contribution < -0.4 is 10.6 Å². The molecule has 1 aromatic carbocycles. The van der Waals surface area contributed by atoms with Gasteiger partial charge in [0.05, 0.1) is 12.7 Å². The molecule has 1 aromatic rings. The van der Waals surface area contributed by atoms with Gasteiger partial charge in [0.1, 0.15) is 24.6 Å². The van der Waals surface area contributed by atoms with Crippen LogP contribution in [0, 0.1) is 5.92 Å².